The summed E-state index contributed by atoms with van der Waals surface area (Å²) in [5.74, 6) is 0.964. The van der Waals surface area contributed by atoms with Gasteiger partial charge in [-0.3, -0.25) is 4.68 Å². The minimum atomic E-state index is -0.529. The van der Waals surface area contributed by atoms with Crippen molar-refractivity contribution >= 4 is 33.7 Å². The van der Waals surface area contributed by atoms with Gasteiger partial charge in [0.05, 0.1) is 29.1 Å². The van der Waals surface area contributed by atoms with Crippen LogP contribution < -0.4 is 15.0 Å². The van der Waals surface area contributed by atoms with Gasteiger partial charge in [-0.05, 0) is 57.9 Å². The van der Waals surface area contributed by atoms with Crippen molar-refractivity contribution in [1.29, 1.82) is 0 Å². The molecule has 39 heavy (non-hydrogen) atoms. The van der Waals surface area contributed by atoms with Crippen LogP contribution in [0.25, 0.3) is 33.2 Å². The molecule has 0 unspecified atom stereocenters. The summed E-state index contributed by atoms with van der Waals surface area (Å²) in [6, 6.07) is 8.16. The van der Waals surface area contributed by atoms with Crippen molar-refractivity contribution in [2.45, 2.75) is 46.3 Å². The van der Waals surface area contributed by atoms with E-state index in [1.54, 1.807) is 11.8 Å². The van der Waals surface area contributed by atoms with Crippen LogP contribution >= 0.6 is 0 Å². The number of methoxy groups -OCH3 is 1. The molecule has 0 aliphatic carbocycles. The number of alkyl carbamates (subject to hydrolysis) is 1. The molecule has 4 heterocycles. The van der Waals surface area contributed by atoms with E-state index in [4.69, 9.17) is 24.2 Å². The van der Waals surface area contributed by atoms with E-state index in [1.807, 2.05) is 65.3 Å². The van der Waals surface area contributed by atoms with Crippen LogP contribution in [0, 0.1) is 12.8 Å². The molecule has 1 fully saturated rings. The number of pyridine rings is 2. The van der Waals surface area contributed by atoms with Gasteiger partial charge in [0.1, 0.15) is 11.4 Å². The third-order valence-corrected chi connectivity index (χ3v) is 6.90. The lowest BCUT2D eigenvalue weighted by molar-refractivity contribution is 0.0498. The van der Waals surface area contributed by atoms with E-state index in [2.05, 4.69) is 28.3 Å². The molecule has 1 aliphatic rings. The van der Waals surface area contributed by atoms with Gasteiger partial charge in [-0.15, -0.1) is 0 Å². The van der Waals surface area contributed by atoms with Crippen molar-refractivity contribution in [1.82, 2.24) is 25.1 Å². The predicted octanol–water partition coefficient (Wildman–Crippen LogP) is 4.82. The zero-order valence-corrected chi connectivity index (χ0v) is 23.6. The Morgan fingerprint density at radius 2 is 1.97 bits per heavy atom. The van der Waals surface area contributed by atoms with Crippen LogP contribution in [0.5, 0.6) is 5.75 Å². The maximum Gasteiger partial charge on any atom is 0.407 e. The molecule has 1 aromatic carbocycles. The number of amides is 1. The van der Waals surface area contributed by atoms with Crippen molar-refractivity contribution in [3.05, 3.63) is 42.2 Å². The molecule has 2 atom stereocenters. The molecule has 1 amide bonds. The summed E-state index contributed by atoms with van der Waals surface area (Å²) in [6.45, 7) is 11.3. The number of nitrogens with one attached hydrogen (secondary N) is 1. The van der Waals surface area contributed by atoms with Crippen LogP contribution in [-0.4, -0.2) is 64.5 Å². The van der Waals surface area contributed by atoms with Crippen molar-refractivity contribution in [2.24, 2.45) is 13.0 Å². The van der Waals surface area contributed by atoms with Crippen LogP contribution in [0.2, 0.25) is 0 Å². The molecule has 1 N–H and O–H groups in total. The van der Waals surface area contributed by atoms with Crippen molar-refractivity contribution in [3.63, 3.8) is 0 Å². The smallest absolute Gasteiger partial charge is 0.407 e. The maximum atomic E-state index is 12.3. The highest BCUT2D eigenvalue weighted by Gasteiger charge is 2.32. The van der Waals surface area contributed by atoms with Gasteiger partial charge in [0.25, 0.3) is 0 Å². The highest BCUT2D eigenvalue weighted by atomic mass is 16.7. The third-order valence-electron chi connectivity index (χ3n) is 6.90. The summed E-state index contributed by atoms with van der Waals surface area (Å²) in [6.07, 6.45) is 3.45. The molecule has 0 bridgehead atoms. The lowest BCUT2D eigenvalue weighted by Crippen LogP contribution is -2.42. The summed E-state index contributed by atoms with van der Waals surface area (Å²) in [4.78, 5) is 24.1. The van der Waals surface area contributed by atoms with Gasteiger partial charge in [0.2, 0.25) is 0 Å². The number of ether oxygens (including phenoxy) is 3. The normalized spacial score (nSPS) is 17.7. The second-order valence-electron chi connectivity index (χ2n) is 11.2. The van der Waals surface area contributed by atoms with Crippen molar-refractivity contribution in [3.8, 4) is 17.0 Å². The van der Waals surface area contributed by atoms with E-state index < -0.39 is 5.60 Å². The van der Waals surface area contributed by atoms with Crippen LogP contribution in [0.3, 0.4) is 0 Å². The molecule has 1 saturated heterocycles. The van der Waals surface area contributed by atoms with E-state index in [9.17, 15) is 4.79 Å². The zero-order valence-electron chi connectivity index (χ0n) is 23.6. The lowest BCUT2D eigenvalue weighted by Gasteiger charge is -2.23. The minimum absolute atomic E-state index is 0.00722. The Balaban J connectivity index is 1.41. The van der Waals surface area contributed by atoms with E-state index in [-0.39, 0.29) is 24.8 Å². The minimum Gasteiger partial charge on any atom is -0.466 e. The van der Waals surface area contributed by atoms with E-state index in [0.717, 1.165) is 45.3 Å². The Morgan fingerprint density at radius 1 is 1.18 bits per heavy atom. The first-order chi connectivity index (χ1) is 18.5. The summed E-state index contributed by atoms with van der Waals surface area (Å²) < 4.78 is 18.4. The molecule has 1 aliphatic heterocycles. The number of hydrogen-bond acceptors (Lipinski definition) is 8. The lowest BCUT2D eigenvalue weighted by atomic mass is 10.0. The van der Waals surface area contributed by atoms with Gasteiger partial charge in [-0.25, -0.2) is 14.8 Å². The quantitative estimate of drug-likeness (QED) is 0.353. The number of nitrogens with zero attached hydrogens (tertiary/aromatic N) is 5. The molecule has 0 radical (unpaired) electrons. The molecular weight excluding hydrogens is 496 g/mol. The maximum absolute atomic E-state index is 12.3. The summed E-state index contributed by atoms with van der Waals surface area (Å²) in [7, 11) is 3.50. The average molecular weight is 533 g/mol. The molecule has 5 rings (SSSR count). The predicted molar refractivity (Wildman–Crippen MR) is 151 cm³/mol. The van der Waals surface area contributed by atoms with E-state index in [0.29, 0.717) is 17.9 Å². The Morgan fingerprint density at radius 3 is 2.72 bits per heavy atom. The third kappa shape index (κ3) is 5.61. The van der Waals surface area contributed by atoms with Crippen LogP contribution in [0.4, 0.5) is 10.5 Å². The highest BCUT2D eigenvalue weighted by molar-refractivity contribution is 5.92. The van der Waals surface area contributed by atoms with Crippen LogP contribution in [0.1, 0.15) is 33.3 Å². The van der Waals surface area contributed by atoms with Gasteiger partial charge in [-0.2, -0.15) is 5.10 Å². The molecule has 0 saturated carbocycles. The largest absolute Gasteiger partial charge is 0.466 e. The molecule has 4 aromatic rings. The van der Waals surface area contributed by atoms with E-state index >= 15 is 0 Å². The molecule has 0 spiro atoms. The summed E-state index contributed by atoms with van der Waals surface area (Å²) >= 11 is 0. The van der Waals surface area contributed by atoms with Crippen LogP contribution in [-0.2, 0) is 16.5 Å². The Bertz CT molecular complexity index is 1530. The molecule has 3 aromatic heterocycles. The zero-order chi connectivity index (χ0) is 27.9. The molecule has 10 nitrogen and oxygen atoms in total. The number of anilines is 1. The number of benzene rings is 1. The second-order valence-corrected chi connectivity index (χ2v) is 11.2. The highest BCUT2D eigenvalue weighted by Crippen LogP contribution is 2.38. The molecular formula is C29H36N6O4. The molecule has 206 valence electrons. The van der Waals surface area contributed by atoms with Crippen LogP contribution in [0.15, 0.2) is 36.7 Å². The number of carbonyl (C=O) groups is 1. The number of rotatable bonds is 6. The number of fused-ring (bicyclic) bond motifs is 2. The first kappa shape index (κ1) is 26.7. The van der Waals surface area contributed by atoms with Crippen molar-refractivity contribution < 1.29 is 19.0 Å². The summed E-state index contributed by atoms with van der Waals surface area (Å²) in [5, 5.41) is 9.56. The second kappa shape index (κ2) is 10.3. The number of carbonyl (C=O) groups excluding carboxylic acids is 1. The Kier molecular flexibility index (Phi) is 7.07. The van der Waals surface area contributed by atoms with E-state index in [1.165, 1.54) is 0 Å². The fourth-order valence-corrected chi connectivity index (χ4v) is 5.08. The van der Waals surface area contributed by atoms with Gasteiger partial charge < -0.3 is 24.4 Å². The average Bonchev–Trinajstić information content (AvgIpc) is 3.43. The number of hydrogen-bond donors (Lipinski definition) is 1. The van der Waals surface area contributed by atoms with Gasteiger partial charge in [0, 0.05) is 55.3 Å². The summed E-state index contributed by atoms with van der Waals surface area (Å²) in [5.41, 5.74) is 4.56. The Labute approximate surface area is 228 Å². The first-order valence-electron chi connectivity index (χ1n) is 13.1. The topological polar surface area (TPSA) is 104 Å². The monoisotopic (exact) mass is 532 g/mol. The SMILES string of the molecule is COCOc1c(-c2ccc3cc(N4C[C@@H](C)[C@@H](NC(=O)OC(C)(C)C)C4)cnc3n2)cc2cn(C)nc2c1C. The first-order valence-corrected chi connectivity index (χ1v) is 13.1. The van der Waals surface area contributed by atoms with Gasteiger partial charge >= 0.3 is 6.09 Å². The fourth-order valence-electron chi connectivity index (χ4n) is 5.08. The molecule has 10 heteroatoms. The van der Waals surface area contributed by atoms with Gasteiger partial charge in [-0.1, -0.05) is 6.92 Å². The van der Waals surface area contributed by atoms with Crippen molar-refractivity contribution in [2.75, 3.05) is 31.9 Å². The van der Waals surface area contributed by atoms with Gasteiger partial charge in [0.15, 0.2) is 12.4 Å². The Hall–Kier alpha value is -3.92. The number of aromatic nitrogens is 4. The fraction of sp³-hybridized carbons (Fsp3) is 0.448. The standard InChI is InChI=1S/C29H36N6O4/c1-17-13-35(15-24(17)32-28(36)39-29(3,4)5)21-10-19-8-9-23(31-27(19)30-12-21)22-11-20-14-34(6)33-25(20)18(2)26(22)38-16-37-7/h8-12,14,17,24H,13,15-16H2,1-7H3,(H,32,36)/t17-,24+/m1/s1. The number of aryl methyl sites for hydroxylation is 2.